The lowest BCUT2D eigenvalue weighted by atomic mass is 10.0. The Morgan fingerprint density at radius 3 is 2.62 bits per heavy atom. The highest BCUT2D eigenvalue weighted by molar-refractivity contribution is 7.88. The molecule has 130 valence electrons. The number of hydrogen-bond donors (Lipinski definition) is 2. The Balaban J connectivity index is 1.61. The molecule has 3 rings (SSSR count). The van der Waals surface area contributed by atoms with E-state index in [1.54, 1.807) is 0 Å². The Hall–Kier alpha value is -1.86. The van der Waals surface area contributed by atoms with Crippen molar-refractivity contribution in [1.29, 1.82) is 0 Å². The van der Waals surface area contributed by atoms with Crippen LogP contribution in [0, 0.1) is 6.92 Å². The van der Waals surface area contributed by atoms with Crippen LogP contribution in [-0.4, -0.2) is 49.0 Å². The number of fused-ring (bicyclic) bond motifs is 1. The van der Waals surface area contributed by atoms with Gasteiger partial charge in [-0.3, -0.25) is 4.79 Å². The number of aromatic amines is 1. The normalized spacial score (nSPS) is 17.2. The second kappa shape index (κ2) is 6.57. The second-order valence-electron chi connectivity index (χ2n) is 6.45. The summed E-state index contributed by atoms with van der Waals surface area (Å²) in [7, 11) is -3.13. The van der Waals surface area contributed by atoms with Crippen LogP contribution >= 0.6 is 0 Å². The molecule has 1 saturated heterocycles. The molecule has 1 aromatic heterocycles. The van der Waals surface area contributed by atoms with Gasteiger partial charge in [-0.1, -0.05) is 18.2 Å². The summed E-state index contributed by atoms with van der Waals surface area (Å²) in [6.07, 6.45) is 2.88. The minimum absolute atomic E-state index is 0.0133. The van der Waals surface area contributed by atoms with E-state index in [4.69, 9.17) is 0 Å². The van der Waals surface area contributed by atoms with Crippen molar-refractivity contribution in [3.63, 3.8) is 0 Å². The average molecular weight is 349 g/mol. The van der Waals surface area contributed by atoms with Gasteiger partial charge < -0.3 is 10.3 Å². The first-order chi connectivity index (χ1) is 11.3. The number of hydrogen-bond acceptors (Lipinski definition) is 3. The number of carbonyl (C=O) groups is 1. The fourth-order valence-electron chi connectivity index (χ4n) is 3.33. The summed E-state index contributed by atoms with van der Waals surface area (Å²) in [5, 5.41) is 4.13. The molecule has 1 aliphatic heterocycles. The van der Waals surface area contributed by atoms with Crippen LogP contribution in [0.15, 0.2) is 24.3 Å². The fourth-order valence-corrected chi connectivity index (χ4v) is 4.21. The topological polar surface area (TPSA) is 82.3 Å². The van der Waals surface area contributed by atoms with E-state index >= 15 is 0 Å². The third kappa shape index (κ3) is 3.62. The van der Waals surface area contributed by atoms with Crippen LogP contribution < -0.4 is 5.32 Å². The van der Waals surface area contributed by atoms with Crippen molar-refractivity contribution >= 4 is 26.8 Å². The number of benzene rings is 1. The molecule has 0 atom stereocenters. The molecular weight excluding hydrogens is 326 g/mol. The van der Waals surface area contributed by atoms with Gasteiger partial charge in [-0.05, 0) is 31.4 Å². The number of aryl methyl sites for hydroxylation is 1. The van der Waals surface area contributed by atoms with Crippen molar-refractivity contribution in [2.45, 2.75) is 32.2 Å². The van der Waals surface area contributed by atoms with E-state index in [9.17, 15) is 13.2 Å². The maximum atomic E-state index is 12.4. The SMILES string of the molecule is Cc1[nH]c2ccccc2c1CC(=O)NC1CCN(S(C)(=O)=O)CC1. The highest BCUT2D eigenvalue weighted by Crippen LogP contribution is 2.22. The van der Waals surface area contributed by atoms with Crippen molar-refractivity contribution in [2.75, 3.05) is 19.3 Å². The molecule has 0 spiro atoms. The monoisotopic (exact) mass is 349 g/mol. The molecule has 0 radical (unpaired) electrons. The summed E-state index contributed by atoms with van der Waals surface area (Å²) in [5.74, 6) is -0.0133. The van der Waals surface area contributed by atoms with Crippen LogP contribution in [0.4, 0.5) is 0 Å². The smallest absolute Gasteiger partial charge is 0.224 e. The van der Waals surface area contributed by atoms with Crippen LogP contribution in [0.5, 0.6) is 0 Å². The zero-order valence-electron chi connectivity index (χ0n) is 14.0. The fraction of sp³-hybridized carbons (Fsp3) is 0.471. The Kier molecular flexibility index (Phi) is 4.64. The molecule has 1 aromatic carbocycles. The molecule has 0 bridgehead atoms. The number of para-hydroxylation sites is 1. The van der Waals surface area contributed by atoms with E-state index in [2.05, 4.69) is 10.3 Å². The minimum Gasteiger partial charge on any atom is -0.358 e. The summed E-state index contributed by atoms with van der Waals surface area (Å²) < 4.78 is 24.5. The van der Waals surface area contributed by atoms with Gasteiger partial charge in [-0.15, -0.1) is 0 Å². The molecule has 24 heavy (non-hydrogen) atoms. The van der Waals surface area contributed by atoms with Gasteiger partial charge in [0.25, 0.3) is 0 Å². The second-order valence-corrected chi connectivity index (χ2v) is 8.44. The number of aromatic nitrogens is 1. The van der Waals surface area contributed by atoms with Gasteiger partial charge >= 0.3 is 0 Å². The van der Waals surface area contributed by atoms with Crippen molar-refractivity contribution in [3.8, 4) is 0 Å². The average Bonchev–Trinajstić information content (AvgIpc) is 2.83. The number of nitrogens with zero attached hydrogens (tertiary/aromatic N) is 1. The standard InChI is InChI=1S/C17H23N3O3S/c1-12-15(14-5-3-4-6-16(14)18-12)11-17(21)19-13-7-9-20(10-8-13)24(2,22)23/h3-6,13,18H,7-11H2,1-2H3,(H,19,21). The summed E-state index contributed by atoms with van der Waals surface area (Å²) >= 11 is 0. The minimum atomic E-state index is -3.13. The van der Waals surface area contributed by atoms with Gasteiger partial charge in [0.05, 0.1) is 12.7 Å². The molecule has 2 aromatic rings. The van der Waals surface area contributed by atoms with Crippen LogP contribution in [0.25, 0.3) is 10.9 Å². The summed E-state index contributed by atoms with van der Waals surface area (Å²) in [4.78, 5) is 15.7. The van der Waals surface area contributed by atoms with Crippen molar-refractivity contribution in [2.24, 2.45) is 0 Å². The highest BCUT2D eigenvalue weighted by atomic mass is 32.2. The van der Waals surface area contributed by atoms with Crippen molar-refractivity contribution in [3.05, 3.63) is 35.5 Å². The zero-order chi connectivity index (χ0) is 17.3. The molecule has 1 aliphatic rings. The molecule has 0 unspecified atom stereocenters. The van der Waals surface area contributed by atoms with E-state index in [0.717, 1.165) is 22.2 Å². The van der Waals surface area contributed by atoms with Crippen LogP contribution in [0.2, 0.25) is 0 Å². The lowest BCUT2D eigenvalue weighted by Crippen LogP contribution is -2.46. The Morgan fingerprint density at radius 1 is 1.29 bits per heavy atom. The van der Waals surface area contributed by atoms with E-state index in [1.807, 2.05) is 31.2 Å². The molecule has 0 saturated carbocycles. The Labute approximate surface area is 142 Å². The number of piperidine rings is 1. The lowest BCUT2D eigenvalue weighted by molar-refractivity contribution is -0.121. The van der Waals surface area contributed by atoms with Gasteiger partial charge in [0.15, 0.2) is 0 Å². The van der Waals surface area contributed by atoms with Crippen LogP contribution in [0.1, 0.15) is 24.1 Å². The first-order valence-electron chi connectivity index (χ1n) is 8.15. The zero-order valence-corrected chi connectivity index (χ0v) is 14.8. The number of H-pyrrole nitrogens is 1. The first kappa shape index (κ1) is 17.0. The van der Waals surface area contributed by atoms with Crippen molar-refractivity contribution < 1.29 is 13.2 Å². The maximum Gasteiger partial charge on any atom is 0.224 e. The predicted octanol–water partition coefficient (Wildman–Crippen LogP) is 1.56. The number of carbonyl (C=O) groups excluding carboxylic acids is 1. The number of rotatable bonds is 4. The number of sulfonamides is 1. The quantitative estimate of drug-likeness (QED) is 0.879. The van der Waals surface area contributed by atoms with Crippen molar-refractivity contribution in [1.82, 2.24) is 14.6 Å². The van der Waals surface area contributed by atoms with E-state index < -0.39 is 10.0 Å². The molecule has 6 nitrogen and oxygen atoms in total. The molecular formula is C17H23N3O3S. The van der Waals surface area contributed by atoms with Crippen LogP contribution in [-0.2, 0) is 21.2 Å². The Morgan fingerprint density at radius 2 is 1.96 bits per heavy atom. The molecule has 1 fully saturated rings. The maximum absolute atomic E-state index is 12.4. The Bertz CT molecular complexity index is 849. The lowest BCUT2D eigenvalue weighted by Gasteiger charge is -2.30. The molecule has 2 N–H and O–H groups in total. The summed E-state index contributed by atoms with van der Waals surface area (Å²) in [6.45, 7) is 2.92. The van der Waals surface area contributed by atoms with E-state index in [-0.39, 0.29) is 11.9 Å². The molecule has 1 amide bonds. The van der Waals surface area contributed by atoms with E-state index in [0.29, 0.717) is 32.4 Å². The van der Waals surface area contributed by atoms with Gasteiger partial charge in [0.2, 0.25) is 15.9 Å². The number of amides is 1. The highest BCUT2D eigenvalue weighted by Gasteiger charge is 2.26. The first-order valence-corrected chi connectivity index (χ1v) is 10.00. The predicted molar refractivity (Wildman–Crippen MR) is 94.3 cm³/mol. The molecule has 0 aliphatic carbocycles. The third-order valence-electron chi connectivity index (χ3n) is 4.65. The van der Waals surface area contributed by atoms with Gasteiger partial charge in [-0.25, -0.2) is 12.7 Å². The van der Waals surface area contributed by atoms with Crippen LogP contribution in [0.3, 0.4) is 0 Å². The van der Waals surface area contributed by atoms with Gasteiger partial charge in [0.1, 0.15) is 0 Å². The summed E-state index contributed by atoms with van der Waals surface area (Å²) in [6, 6.07) is 8.01. The molecule has 7 heteroatoms. The third-order valence-corrected chi connectivity index (χ3v) is 5.96. The van der Waals surface area contributed by atoms with E-state index in [1.165, 1.54) is 10.6 Å². The van der Waals surface area contributed by atoms with Gasteiger partial charge in [0, 0.05) is 35.7 Å². The largest absolute Gasteiger partial charge is 0.358 e. The molecule has 2 heterocycles. The number of nitrogens with one attached hydrogen (secondary N) is 2. The van der Waals surface area contributed by atoms with Gasteiger partial charge in [-0.2, -0.15) is 0 Å². The summed E-state index contributed by atoms with van der Waals surface area (Å²) in [5.41, 5.74) is 3.08.